The summed E-state index contributed by atoms with van der Waals surface area (Å²) in [7, 11) is -3.89. The number of hydrogen-bond donors (Lipinski definition) is 1. The highest BCUT2D eigenvalue weighted by atomic mass is 31.2. The third kappa shape index (κ3) is 48.2. The molecule has 5 heteroatoms. The third-order valence-electron chi connectivity index (χ3n) is 11.5. The highest BCUT2D eigenvalue weighted by Gasteiger charge is 2.19. The summed E-state index contributed by atoms with van der Waals surface area (Å²) in [4.78, 5) is 9.97. The van der Waals surface area contributed by atoms with Crippen LogP contribution in [0.3, 0.4) is 0 Å². The molecule has 1 N–H and O–H groups in total. The molecule has 53 heavy (non-hydrogen) atoms. The van der Waals surface area contributed by atoms with Gasteiger partial charge in [0, 0.05) is 0 Å². The van der Waals surface area contributed by atoms with E-state index >= 15 is 0 Å². The largest absolute Gasteiger partial charge is 0.472 e. The first kappa shape index (κ1) is 53.1. The smallest absolute Gasteiger partial charge is 0.302 e. The lowest BCUT2D eigenvalue weighted by molar-refractivity contribution is 0.145. The Kier molecular flexibility index (Phi) is 46.6. The topological polar surface area (TPSA) is 55.8 Å². The van der Waals surface area contributed by atoms with Crippen LogP contribution in [0.4, 0.5) is 0 Å². The minimum absolute atomic E-state index is 0.326. The van der Waals surface area contributed by atoms with Crippen LogP contribution in [0.2, 0.25) is 0 Å². The second-order valence-electron chi connectivity index (χ2n) is 17.0. The third-order valence-corrected chi connectivity index (χ3v) is 12.5. The summed E-state index contributed by atoms with van der Waals surface area (Å²) < 4.78 is 22.6. The first-order valence-corrected chi connectivity index (χ1v) is 26.2. The second-order valence-corrected chi connectivity index (χ2v) is 18.4. The average Bonchev–Trinajstić information content (AvgIpc) is 3.15. The van der Waals surface area contributed by atoms with E-state index < -0.39 is 7.82 Å². The van der Waals surface area contributed by atoms with Crippen molar-refractivity contribution in [3.05, 3.63) is 0 Å². The summed E-state index contributed by atoms with van der Waals surface area (Å²) in [6.07, 6.45) is 59.9. The highest BCUT2D eigenvalue weighted by molar-refractivity contribution is 7.47. The van der Waals surface area contributed by atoms with E-state index in [1.54, 1.807) is 0 Å². The van der Waals surface area contributed by atoms with Gasteiger partial charge in [-0.2, -0.15) is 0 Å². The van der Waals surface area contributed by atoms with E-state index in [0.29, 0.717) is 13.2 Å². The van der Waals surface area contributed by atoms with Crippen molar-refractivity contribution in [3.8, 4) is 0 Å². The molecule has 0 aliphatic carbocycles. The van der Waals surface area contributed by atoms with Gasteiger partial charge in [0.25, 0.3) is 0 Å². The first-order valence-electron chi connectivity index (χ1n) is 24.7. The Labute approximate surface area is 334 Å². The molecule has 0 aromatic carbocycles. The van der Waals surface area contributed by atoms with Gasteiger partial charge in [0.2, 0.25) is 0 Å². The van der Waals surface area contributed by atoms with Crippen molar-refractivity contribution in [2.24, 2.45) is 0 Å². The number of unbranched alkanes of at least 4 members (excludes halogenated alkanes) is 42. The fraction of sp³-hybridized carbons (Fsp3) is 1.00. The van der Waals surface area contributed by atoms with E-state index in [0.717, 1.165) is 25.7 Å². The maximum Gasteiger partial charge on any atom is 0.472 e. The van der Waals surface area contributed by atoms with E-state index in [9.17, 15) is 9.46 Å². The van der Waals surface area contributed by atoms with E-state index in [1.807, 2.05) is 0 Å². The molecule has 0 aliphatic heterocycles. The Balaban J connectivity index is 3.24. The van der Waals surface area contributed by atoms with Gasteiger partial charge in [-0.3, -0.25) is 9.05 Å². The molecule has 0 amide bonds. The molecule has 0 aliphatic rings. The van der Waals surface area contributed by atoms with Crippen molar-refractivity contribution in [3.63, 3.8) is 0 Å². The van der Waals surface area contributed by atoms with Crippen molar-refractivity contribution in [1.82, 2.24) is 0 Å². The van der Waals surface area contributed by atoms with Crippen molar-refractivity contribution in [2.75, 3.05) is 13.2 Å². The number of hydrogen-bond acceptors (Lipinski definition) is 3. The quantitative estimate of drug-likeness (QED) is 0.0494. The van der Waals surface area contributed by atoms with Crippen LogP contribution in [-0.4, -0.2) is 18.1 Å². The summed E-state index contributed by atoms with van der Waals surface area (Å²) in [5.74, 6) is 0. The molecule has 320 valence electrons. The Bertz CT molecular complexity index is 647. The fourth-order valence-corrected chi connectivity index (χ4v) is 8.61. The second kappa shape index (κ2) is 46.5. The van der Waals surface area contributed by atoms with Crippen LogP contribution >= 0.6 is 7.82 Å². The lowest BCUT2D eigenvalue weighted by atomic mass is 10.0. The molecule has 0 aromatic rings. The van der Waals surface area contributed by atoms with Crippen LogP contribution < -0.4 is 0 Å². The van der Waals surface area contributed by atoms with Gasteiger partial charge in [0.15, 0.2) is 0 Å². The lowest BCUT2D eigenvalue weighted by Gasteiger charge is -2.12. The minimum atomic E-state index is -3.89. The van der Waals surface area contributed by atoms with Crippen molar-refractivity contribution in [1.29, 1.82) is 0 Å². The molecule has 0 saturated carbocycles. The average molecular weight is 771 g/mol. The van der Waals surface area contributed by atoms with Crippen LogP contribution in [-0.2, 0) is 13.6 Å². The zero-order chi connectivity index (χ0) is 38.4. The molecular formula is C48H99O4P. The molecule has 4 nitrogen and oxygen atoms in total. The van der Waals surface area contributed by atoms with E-state index in [4.69, 9.17) is 9.05 Å². The maximum atomic E-state index is 12.2. The van der Waals surface area contributed by atoms with Crippen LogP contribution in [0, 0.1) is 0 Å². The van der Waals surface area contributed by atoms with Crippen LogP contribution in [0.1, 0.15) is 296 Å². The molecule has 0 fully saturated rings. The predicted molar refractivity (Wildman–Crippen MR) is 236 cm³/mol. The van der Waals surface area contributed by atoms with Crippen molar-refractivity contribution in [2.45, 2.75) is 296 Å². The highest BCUT2D eigenvalue weighted by Crippen LogP contribution is 2.43. The molecular weight excluding hydrogens is 671 g/mol. The fourth-order valence-electron chi connectivity index (χ4n) is 7.82. The van der Waals surface area contributed by atoms with Crippen LogP contribution in [0.25, 0.3) is 0 Å². The van der Waals surface area contributed by atoms with Gasteiger partial charge in [-0.25, -0.2) is 4.57 Å². The minimum Gasteiger partial charge on any atom is -0.302 e. The standard InChI is InChI=1S/C48H99O4P/c1-3-5-7-9-11-13-15-17-19-21-23-25-27-29-31-33-35-37-39-41-43-45-47-51-53(49,50)52-48-46-44-42-40-38-36-34-32-30-28-26-24-22-20-18-16-14-12-10-8-6-4-2/h3-48H2,1-2H3,(H,49,50). The molecule has 0 unspecified atom stereocenters. The van der Waals surface area contributed by atoms with Crippen molar-refractivity contribution < 1.29 is 18.5 Å². The summed E-state index contributed by atoms with van der Waals surface area (Å²) in [6.45, 7) is 5.24. The Morgan fingerprint density at radius 2 is 0.396 bits per heavy atom. The van der Waals surface area contributed by atoms with Gasteiger partial charge in [-0.05, 0) is 12.8 Å². The van der Waals surface area contributed by atoms with Gasteiger partial charge >= 0.3 is 7.82 Å². The summed E-state index contributed by atoms with van der Waals surface area (Å²) in [5, 5.41) is 0. The van der Waals surface area contributed by atoms with Gasteiger partial charge in [0.05, 0.1) is 13.2 Å². The molecule has 0 rings (SSSR count). The zero-order valence-corrected chi connectivity index (χ0v) is 37.5. The Morgan fingerprint density at radius 3 is 0.547 bits per heavy atom. The van der Waals surface area contributed by atoms with E-state index in [2.05, 4.69) is 13.8 Å². The van der Waals surface area contributed by atoms with Crippen LogP contribution in [0.15, 0.2) is 0 Å². The normalized spacial score (nSPS) is 12.0. The monoisotopic (exact) mass is 771 g/mol. The number of phosphoric acid groups is 1. The van der Waals surface area contributed by atoms with Gasteiger partial charge < -0.3 is 4.89 Å². The van der Waals surface area contributed by atoms with E-state index in [1.165, 1.54) is 257 Å². The first-order chi connectivity index (χ1) is 26.1. The predicted octanol–water partition coefficient (Wildman–Crippen LogP) is 18.3. The van der Waals surface area contributed by atoms with Crippen molar-refractivity contribution >= 4 is 7.82 Å². The van der Waals surface area contributed by atoms with Crippen LogP contribution in [0.5, 0.6) is 0 Å². The molecule has 0 heterocycles. The molecule has 0 radical (unpaired) electrons. The molecule has 0 atom stereocenters. The number of phosphoric ester groups is 1. The lowest BCUT2D eigenvalue weighted by Crippen LogP contribution is -1.99. The molecule has 0 spiro atoms. The summed E-state index contributed by atoms with van der Waals surface area (Å²) in [6, 6.07) is 0. The zero-order valence-electron chi connectivity index (χ0n) is 36.6. The molecule has 0 aromatic heterocycles. The van der Waals surface area contributed by atoms with E-state index in [-0.39, 0.29) is 0 Å². The SMILES string of the molecule is CCCCCCCCCCCCCCCCCCCCCCCCOP(=O)(O)OCCCCCCCCCCCCCCCCCCCCCCCC. The van der Waals surface area contributed by atoms with Gasteiger partial charge in [-0.15, -0.1) is 0 Å². The number of rotatable bonds is 48. The molecule has 0 saturated heterocycles. The van der Waals surface area contributed by atoms with Gasteiger partial charge in [0.1, 0.15) is 0 Å². The van der Waals surface area contributed by atoms with Gasteiger partial charge in [-0.1, -0.05) is 284 Å². The Morgan fingerprint density at radius 1 is 0.264 bits per heavy atom. The summed E-state index contributed by atoms with van der Waals surface area (Å²) >= 11 is 0. The molecule has 0 bridgehead atoms. The summed E-state index contributed by atoms with van der Waals surface area (Å²) in [5.41, 5.74) is 0. The maximum absolute atomic E-state index is 12.2. The Hall–Kier alpha value is 0.110.